The summed E-state index contributed by atoms with van der Waals surface area (Å²) in [5.41, 5.74) is 0.0212. The minimum atomic E-state index is -0.475. The van der Waals surface area contributed by atoms with Crippen LogP contribution in [0.3, 0.4) is 0 Å². The van der Waals surface area contributed by atoms with E-state index in [2.05, 4.69) is 5.32 Å². The molecule has 0 saturated heterocycles. The molecular weight excluding hydrogens is 198 g/mol. The summed E-state index contributed by atoms with van der Waals surface area (Å²) < 4.78 is 0. The second-order valence-corrected chi connectivity index (χ2v) is 3.03. The van der Waals surface area contributed by atoms with Crippen LogP contribution in [0.5, 0.6) is 11.5 Å². The molecule has 0 radical (unpaired) electrons. The van der Waals surface area contributed by atoms with Crippen molar-refractivity contribution in [1.29, 1.82) is 0 Å². The third kappa shape index (κ3) is 3.14. The number of amides is 1. The van der Waals surface area contributed by atoms with E-state index < -0.39 is 5.91 Å². The minimum absolute atomic E-state index is 0.00764. The zero-order valence-electron chi connectivity index (χ0n) is 8.10. The van der Waals surface area contributed by atoms with E-state index >= 15 is 0 Å². The lowest BCUT2D eigenvalue weighted by molar-refractivity contribution is 0.0948. The first-order chi connectivity index (χ1) is 7.15. The average molecular weight is 211 g/mol. The number of benzene rings is 1. The van der Waals surface area contributed by atoms with Crippen LogP contribution in [0.1, 0.15) is 16.8 Å². The lowest BCUT2D eigenvalue weighted by Gasteiger charge is -2.06. The first kappa shape index (κ1) is 11.3. The molecule has 0 aliphatic rings. The molecule has 5 heteroatoms. The highest BCUT2D eigenvalue weighted by Gasteiger charge is 2.10. The standard InChI is InChI=1S/C10H13NO4/c12-5-1-4-11-10(15)8-6-7(13)2-3-9(8)14/h2-3,6,12-14H,1,4-5H2,(H,11,15). The van der Waals surface area contributed by atoms with Crippen LogP contribution in [0.2, 0.25) is 0 Å². The second kappa shape index (κ2) is 5.21. The normalized spacial score (nSPS) is 9.93. The van der Waals surface area contributed by atoms with Crippen LogP contribution >= 0.6 is 0 Å². The molecule has 1 amide bonds. The van der Waals surface area contributed by atoms with Crippen molar-refractivity contribution in [1.82, 2.24) is 5.32 Å². The average Bonchev–Trinajstić information content (AvgIpc) is 2.22. The highest BCUT2D eigenvalue weighted by atomic mass is 16.3. The van der Waals surface area contributed by atoms with Gasteiger partial charge in [-0.15, -0.1) is 0 Å². The van der Waals surface area contributed by atoms with Gasteiger partial charge in [-0.05, 0) is 24.6 Å². The van der Waals surface area contributed by atoms with Gasteiger partial charge in [0.15, 0.2) is 0 Å². The number of aliphatic hydroxyl groups excluding tert-OH is 1. The smallest absolute Gasteiger partial charge is 0.255 e. The fourth-order valence-electron chi connectivity index (χ4n) is 1.08. The number of aromatic hydroxyl groups is 2. The van der Waals surface area contributed by atoms with Crippen LogP contribution in [0.15, 0.2) is 18.2 Å². The molecule has 0 bridgehead atoms. The van der Waals surface area contributed by atoms with Gasteiger partial charge in [-0.3, -0.25) is 4.79 Å². The molecule has 4 N–H and O–H groups in total. The topological polar surface area (TPSA) is 89.8 Å². The largest absolute Gasteiger partial charge is 0.508 e. The second-order valence-electron chi connectivity index (χ2n) is 3.03. The van der Waals surface area contributed by atoms with Gasteiger partial charge < -0.3 is 20.6 Å². The minimum Gasteiger partial charge on any atom is -0.508 e. The molecule has 0 aliphatic carbocycles. The Morgan fingerprint density at radius 3 is 2.73 bits per heavy atom. The molecule has 0 unspecified atom stereocenters. The predicted octanol–water partition coefficient (Wildman–Crippen LogP) is 0.210. The quantitative estimate of drug-likeness (QED) is 0.423. The summed E-state index contributed by atoms with van der Waals surface area (Å²) in [6.07, 6.45) is 0.450. The van der Waals surface area contributed by atoms with E-state index in [9.17, 15) is 9.90 Å². The fourth-order valence-corrected chi connectivity index (χ4v) is 1.08. The molecular formula is C10H13NO4. The fraction of sp³-hybridized carbons (Fsp3) is 0.300. The van der Waals surface area contributed by atoms with Crippen LogP contribution in [0.4, 0.5) is 0 Å². The molecule has 1 rings (SSSR count). The number of phenols is 2. The summed E-state index contributed by atoms with van der Waals surface area (Å²) in [5, 5.41) is 29.5. The van der Waals surface area contributed by atoms with Crippen molar-refractivity contribution in [2.24, 2.45) is 0 Å². The van der Waals surface area contributed by atoms with Crippen molar-refractivity contribution < 1.29 is 20.1 Å². The predicted molar refractivity (Wildman–Crippen MR) is 53.8 cm³/mol. The molecule has 0 aromatic heterocycles. The Bertz CT molecular complexity index is 351. The lowest BCUT2D eigenvalue weighted by atomic mass is 10.1. The van der Waals surface area contributed by atoms with E-state index in [1.54, 1.807) is 0 Å². The zero-order valence-corrected chi connectivity index (χ0v) is 8.10. The van der Waals surface area contributed by atoms with Gasteiger partial charge in [0.1, 0.15) is 11.5 Å². The maximum absolute atomic E-state index is 11.4. The molecule has 0 heterocycles. The van der Waals surface area contributed by atoms with E-state index in [1.165, 1.54) is 18.2 Å². The van der Waals surface area contributed by atoms with Gasteiger partial charge in [-0.2, -0.15) is 0 Å². The van der Waals surface area contributed by atoms with E-state index in [4.69, 9.17) is 10.2 Å². The van der Waals surface area contributed by atoms with Crippen LogP contribution in [0, 0.1) is 0 Å². The summed E-state index contributed by atoms with van der Waals surface area (Å²) in [7, 11) is 0. The van der Waals surface area contributed by atoms with Gasteiger partial charge in [0, 0.05) is 13.2 Å². The van der Waals surface area contributed by atoms with Crippen molar-refractivity contribution in [3.8, 4) is 11.5 Å². The Morgan fingerprint density at radius 2 is 2.07 bits per heavy atom. The number of hydrogen-bond donors (Lipinski definition) is 4. The summed E-state index contributed by atoms with van der Waals surface area (Å²) in [6, 6.07) is 3.72. The maximum atomic E-state index is 11.4. The number of phenolic OH excluding ortho intramolecular Hbond substituents is 2. The SMILES string of the molecule is O=C(NCCCO)c1cc(O)ccc1O. The monoisotopic (exact) mass is 211 g/mol. The van der Waals surface area contributed by atoms with Gasteiger partial charge in [0.2, 0.25) is 0 Å². The molecule has 0 aliphatic heterocycles. The van der Waals surface area contributed by atoms with Crippen molar-refractivity contribution in [2.75, 3.05) is 13.2 Å². The molecule has 82 valence electrons. The Morgan fingerprint density at radius 1 is 1.33 bits per heavy atom. The summed E-state index contributed by atoms with van der Waals surface area (Å²) in [5.74, 6) is -0.744. The first-order valence-corrected chi connectivity index (χ1v) is 4.56. The first-order valence-electron chi connectivity index (χ1n) is 4.56. The van der Waals surface area contributed by atoms with Crippen LogP contribution in [0.25, 0.3) is 0 Å². The highest BCUT2D eigenvalue weighted by Crippen LogP contribution is 2.21. The van der Waals surface area contributed by atoms with Crippen molar-refractivity contribution in [3.63, 3.8) is 0 Å². The summed E-state index contributed by atoms with van der Waals surface area (Å²) in [6.45, 7) is 0.316. The molecule has 0 spiro atoms. The molecule has 1 aromatic rings. The molecule has 15 heavy (non-hydrogen) atoms. The number of carbonyl (C=O) groups is 1. The van der Waals surface area contributed by atoms with E-state index in [0.717, 1.165) is 0 Å². The van der Waals surface area contributed by atoms with Crippen LogP contribution in [-0.4, -0.2) is 34.4 Å². The third-order valence-corrected chi connectivity index (χ3v) is 1.85. The van der Waals surface area contributed by atoms with E-state index in [-0.39, 0.29) is 23.7 Å². The number of hydrogen-bond acceptors (Lipinski definition) is 4. The molecule has 5 nitrogen and oxygen atoms in total. The molecule has 0 saturated carbocycles. The summed E-state index contributed by atoms with van der Waals surface area (Å²) in [4.78, 5) is 11.4. The van der Waals surface area contributed by atoms with Gasteiger partial charge in [-0.25, -0.2) is 0 Å². The van der Waals surface area contributed by atoms with Crippen molar-refractivity contribution in [3.05, 3.63) is 23.8 Å². The zero-order chi connectivity index (χ0) is 11.3. The number of aliphatic hydroxyl groups is 1. The summed E-state index contributed by atoms with van der Waals surface area (Å²) >= 11 is 0. The Hall–Kier alpha value is -1.75. The van der Waals surface area contributed by atoms with Crippen LogP contribution < -0.4 is 5.32 Å². The number of nitrogens with one attached hydrogen (secondary N) is 1. The Kier molecular flexibility index (Phi) is 3.93. The Balaban J connectivity index is 2.68. The van der Waals surface area contributed by atoms with E-state index in [0.29, 0.717) is 13.0 Å². The number of rotatable bonds is 4. The molecule has 1 aromatic carbocycles. The van der Waals surface area contributed by atoms with E-state index in [1.807, 2.05) is 0 Å². The van der Waals surface area contributed by atoms with Gasteiger partial charge in [0.25, 0.3) is 5.91 Å². The maximum Gasteiger partial charge on any atom is 0.255 e. The highest BCUT2D eigenvalue weighted by molar-refractivity contribution is 5.97. The molecule has 0 atom stereocenters. The Labute approximate surface area is 87.0 Å². The third-order valence-electron chi connectivity index (χ3n) is 1.85. The van der Waals surface area contributed by atoms with Gasteiger partial charge >= 0.3 is 0 Å². The lowest BCUT2D eigenvalue weighted by Crippen LogP contribution is -2.25. The van der Waals surface area contributed by atoms with Crippen LogP contribution in [-0.2, 0) is 0 Å². The number of carbonyl (C=O) groups excluding carboxylic acids is 1. The molecule has 0 fully saturated rings. The van der Waals surface area contributed by atoms with Crippen molar-refractivity contribution >= 4 is 5.91 Å². The van der Waals surface area contributed by atoms with Gasteiger partial charge in [-0.1, -0.05) is 0 Å². The van der Waals surface area contributed by atoms with Gasteiger partial charge in [0.05, 0.1) is 5.56 Å². The van der Waals surface area contributed by atoms with Crippen molar-refractivity contribution in [2.45, 2.75) is 6.42 Å².